The molecule has 0 aromatic heterocycles. The highest BCUT2D eigenvalue weighted by molar-refractivity contribution is 6.30. The number of amides is 3. The van der Waals surface area contributed by atoms with Gasteiger partial charge in [0.15, 0.2) is 0 Å². The van der Waals surface area contributed by atoms with Gasteiger partial charge in [-0.3, -0.25) is 19.3 Å². The van der Waals surface area contributed by atoms with E-state index in [4.69, 9.17) is 11.6 Å². The Kier molecular flexibility index (Phi) is 6.85. The standard InChI is InChI=1S/C21H23ClN4O3/c1-23-20(28)16-3-2-4-18(13-16)24-19(27)14-25-9-11-26(12-10-25)21(29)15-5-7-17(22)8-6-15/h2-8,13H,9-12,14H2,1H3,(H,23,28)(H,24,27). The molecule has 29 heavy (non-hydrogen) atoms. The molecule has 0 unspecified atom stereocenters. The van der Waals surface area contributed by atoms with Gasteiger partial charge in [0.05, 0.1) is 6.54 Å². The van der Waals surface area contributed by atoms with Crippen molar-refractivity contribution in [3.8, 4) is 0 Å². The Hall–Kier alpha value is -2.90. The van der Waals surface area contributed by atoms with Crippen LogP contribution in [-0.2, 0) is 4.79 Å². The molecule has 3 amide bonds. The highest BCUT2D eigenvalue weighted by Crippen LogP contribution is 2.14. The van der Waals surface area contributed by atoms with Gasteiger partial charge in [-0.25, -0.2) is 0 Å². The first-order valence-corrected chi connectivity index (χ1v) is 9.73. The summed E-state index contributed by atoms with van der Waals surface area (Å²) in [6.07, 6.45) is 0. The largest absolute Gasteiger partial charge is 0.355 e. The summed E-state index contributed by atoms with van der Waals surface area (Å²) < 4.78 is 0. The molecule has 0 radical (unpaired) electrons. The van der Waals surface area contributed by atoms with Crippen molar-refractivity contribution in [2.75, 3.05) is 45.1 Å². The number of carbonyl (C=O) groups excluding carboxylic acids is 3. The summed E-state index contributed by atoms with van der Waals surface area (Å²) in [7, 11) is 1.56. The third-order valence-corrected chi connectivity index (χ3v) is 5.01. The van der Waals surface area contributed by atoms with Crippen molar-refractivity contribution in [2.24, 2.45) is 0 Å². The third kappa shape index (κ3) is 5.56. The van der Waals surface area contributed by atoms with Gasteiger partial charge >= 0.3 is 0 Å². The lowest BCUT2D eigenvalue weighted by molar-refractivity contribution is -0.117. The van der Waals surface area contributed by atoms with Crippen molar-refractivity contribution in [3.05, 3.63) is 64.7 Å². The Labute approximate surface area is 174 Å². The van der Waals surface area contributed by atoms with Crippen LogP contribution in [0.1, 0.15) is 20.7 Å². The number of rotatable bonds is 5. The van der Waals surface area contributed by atoms with Crippen LogP contribution in [0.15, 0.2) is 48.5 Å². The summed E-state index contributed by atoms with van der Waals surface area (Å²) in [5.41, 5.74) is 1.67. The summed E-state index contributed by atoms with van der Waals surface area (Å²) in [6, 6.07) is 13.6. The molecule has 1 aliphatic rings. The predicted molar refractivity (Wildman–Crippen MR) is 112 cm³/mol. The van der Waals surface area contributed by atoms with Gasteiger partial charge in [0.1, 0.15) is 0 Å². The second kappa shape index (κ2) is 9.54. The Balaban J connectivity index is 1.49. The minimum atomic E-state index is -0.206. The van der Waals surface area contributed by atoms with Gasteiger partial charge in [0, 0.05) is 55.1 Å². The second-order valence-electron chi connectivity index (χ2n) is 6.78. The molecule has 2 aromatic carbocycles. The van der Waals surface area contributed by atoms with Crippen molar-refractivity contribution in [3.63, 3.8) is 0 Å². The maximum absolute atomic E-state index is 12.5. The van der Waals surface area contributed by atoms with Crippen LogP contribution in [-0.4, -0.2) is 67.3 Å². The molecule has 1 aliphatic heterocycles. The number of hydrogen-bond acceptors (Lipinski definition) is 4. The molecule has 0 atom stereocenters. The van der Waals surface area contributed by atoms with Crippen LogP contribution >= 0.6 is 11.6 Å². The number of nitrogens with zero attached hydrogens (tertiary/aromatic N) is 2. The maximum Gasteiger partial charge on any atom is 0.253 e. The maximum atomic E-state index is 12.5. The van der Waals surface area contributed by atoms with Gasteiger partial charge in [-0.2, -0.15) is 0 Å². The fraction of sp³-hybridized carbons (Fsp3) is 0.286. The number of hydrogen-bond donors (Lipinski definition) is 2. The molecule has 0 aliphatic carbocycles. The summed E-state index contributed by atoms with van der Waals surface area (Å²) in [5.74, 6) is -0.393. The van der Waals surface area contributed by atoms with Gasteiger partial charge in [-0.1, -0.05) is 17.7 Å². The van der Waals surface area contributed by atoms with E-state index in [1.807, 2.05) is 4.90 Å². The van der Waals surface area contributed by atoms with Gasteiger partial charge in [0.25, 0.3) is 11.8 Å². The number of benzene rings is 2. The average molecular weight is 415 g/mol. The molecule has 1 fully saturated rings. The molecule has 1 saturated heterocycles. The fourth-order valence-electron chi connectivity index (χ4n) is 3.17. The smallest absolute Gasteiger partial charge is 0.253 e. The van der Waals surface area contributed by atoms with E-state index in [-0.39, 0.29) is 24.3 Å². The van der Waals surface area contributed by atoms with E-state index in [0.29, 0.717) is 48.0 Å². The summed E-state index contributed by atoms with van der Waals surface area (Å²) in [4.78, 5) is 40.4. The molecule has 7 nitrogen and oxygen atoms in total. The van der Waals surface area contributed by atoms with Gasteiger partial charge in [-0.05, 0) is 42.5 Å². The Morgan fingerprint density at radius 1 is 0.966 bits per heavy atom. The van der Waals surface area contributed by atoms with Crippen molar-refractivity contribution >= 4 is 35.0 Å². The van der Waals surface area contributed by atoms with Crippen LogP contribution in [0.2, 0.25) is 5.02 Å². The highest BCUT2D eigenvalue weighted by Gasteiger charge is 2.23. The summed E-state index contributed by atoms with van der Waals surface area (Å²) >= 11 is 5.87. The van der Waals surface area contributed by atoms with Crippen LogP contribution < -0.4 is 10.6 Å². The number of piperazine rings is 1. The molecule has 0 spiro atoms. The Morgan fingerprint density at radius 3 is 2.31 bits per heavy atom. The number of anilines is 1. The van der Waals surface area contributed by atoms with Gasteiger partial charge < -0.3 is 15.5 Å². The van der Waals surface area contributed by atoms with Crippen LogP contribution in [0.5, 0.6) is 0 Å². The molecule has 1 heterocycles. The zero-order valence-corrected chi connectivity index (χ0v) is 16.9. The van der Waals surface area contributed by atoms with Crippen LogP contribution in [0, 0.1) is 0 Å². The SMILES string of the molecule is CNC(=O)c1cccc(NC(=O)CN2CCN(C(=O)c3ccc(Cl)cc3)CC2)c1. The van der Waals surface area contributed by atoms with E-state index in [0.717, 1.165) is 0 Å². The van der Waals surface area contributed by atoms with Crippen LogP contribution in [0.4, 0.5) is 5.69 Å². The Morgan fingerprint density at radius 2 is 1.66 bits per heavy atom. The molecule has 152 valence electrons. The van der Waals surface area contributed by atoms with E-state index in [2.05, 4.69) is 10.6 Å². The zero-order valence-electron chi connectivity index (χ0n) is 16.2. The first kappa shape index (κ1) is 20.8. The highest BCUT2D eigenvalue weighted by atomic mass is 35.5. The topological polar surface area (TPSA) is 81.8 Å². The number of carbonyl (C=O) groups is 3. The molecule has 8 heteroatoms. The van der Waals surface area contributed by atoms with Gasteiger partial charge in [0.2, 0.25) is 5.91 Å². The summed E-state index contributed by atoms with van der Waals surface area (Å²) in [6.45, 7) is 2.57. The zero-order chi connectivity index (χ0) is 20.8. The monoisotopic (exact) mass is 414 g/mol. The fourth-order valence-corrected chi connectivity index (χ4v) is 3.30. The van der Waals surface area contributed by atoms with Crippen LogP contribution in [0.25, 0.3) is 0 Å². The van der Waals surface area contributed by atoms with E-state index in [1.54, 1.807) is 60.5 Å². The lowest BCUT2D eigenvalue weighted by Crippen LogP contribution is -2.50. The third-order valence-electron chi connectivity index (χ3n) is 4.75. The molecular weight excluding hydrogens is 392 g/mol. The van der Waals surface area contributed by atoms with E-state index < -0.39 is 0 Å². The molecular formula is C21H23ClN4O3. The van der Waals surface area contributed by atoms with E-state index in [1.165, 1.54) is 0 Å². The first-order valence-electron chi connectivity index (χ1n) is 9.35. The molecule has 0 bridgehead atoms. The van der Waals surface area contributed by atoms with Gasteiger partial charge in [-0.15, -0.1) is 0 Å². The van der Waals surface area contributed by atoms with Crippen LogP contribution in [0.3, 0.4) is 0 Å². The molecule has 0 saturated carbocycles. The predicted octanol–water partition coefficient (Wildman–Crippen LogP) is 2.10. The normalized spacial score (nSPS) is 14.3. The minimum Gasteiger partial charge on any atom is -0.355 e. The van der Waals surface area contributed by atoms with Crippen molar-refractivity contribution in [1.29, 1.82) is 0 Å². The van der Waals surface area contributed by atoms with E-state index >= 15 is 0 Å². The number of nitrogens with one attached hydrogen (secondary N) is 2. The first-order chi connectivity index (χ1) is 14.0. The minimum absolute atomic E-state index is 0.0308. The molecule has 2 N–H and O–H groups in total. The quantitative estimate of drug-likeness (QED) is 0.785. The van der Waals surface area contributed by atoms with E-state index in [9.17, 15) is 14.4 Å². The lowest BCUT2D eigenvalue weighted by atomic mass is 10.2. The lowest BCUT2D eigenvalue weighted by Gasteiger charge is -2.34. The average Bonchev–Trinajstić information content (AvgIpc) is 2.74. The summed E-state index contributed by atoms with van der Waals surface area (Å²) in [5, 5.41) is 5.97. The Bertz CT molecular complexity index is 893. The van der Waals surface area contributed by atoms with Crippen molar-refractivity contribution in [2.45, 2.75) is 0 Å². The number of halogens is 1. The van der Waals surface area contributed by atoms with Crippen molar-refractivity contribution < 1.29 is 14.4 Å². The second-order valence-corrected chi connectivity index (χ2v) is 7.22. The van der Waals surface area contributed by atoms with Crippen molar-refractivity contribution in [1.82, 2.24) is 15.1 Å². The molecule has 2 aromatic rings. The molecule has 3 rings (SSSR count).